The first-order valence-corrected chi connectivity index (χ1v) is 8.57. The van der Waals surface area contributed by atoms with E-state index in [0.717, 1.165) is 16.5 Å². The van der Waals surface area contributed by atoms with Crippen molar-refractivity contribution in [1.29, 1.82) is 0 Å². The fourth-order valence-corrected chi connectivity index (χ4v) is 3.19. The molecule has 0 radical (unpaired) electrons. The van der Waals surface area contributed by atoms with Gasteiger partial charge in [0.1, 0.15) is 0 Å². The molecule has 2 N–H and O–H groups in total. The lowest BCUT2D eigenvalue weighted by atomic mass is 9.75. The Hall–Kier alpha value is -1.98. The first kappa shape index (κ1) is 16.9. The average Bonchev–Trinajstić information content (AvgIpc) is 2.57. The van der Waals surface area contributed by atoms with Gasteiger partial charge in [0.15, 0.2) is 0 Å². The summed E-state index contributed by atoms with van der Waals surface area (Å²) < 4.78 is 5.25. The molecule has 24 heavy (non-hydrogen) atoms. The maximum atomic E-state index is 12.2. The third-order valence-corrected chi connectivity index (χ3v) is 4.59. The second-order valence-electron chi connectivity index (χ2n) is 6.34. The van der Waals surface area contributed by atoms with E-state index in [9.17, 15) is 9.90 Å². The van der Waals surface area contributed by atoms with Crippen LogP contribution < -0.4 is 5.32 Å². The summed E-state index contributed by atoms with van der Waals surface area (Å²) in [5.41, 5.74) is 1.94. The first-order chi connectivity index (χ1) is 11.7. The van der Waals surface area contributed by atoms with Crippen LogP contribution in [0.5, 0.6) is 0 Å². The highest BCUT2D eigenvalue weighted by Gasteiger charge is 2.35. The number of nitrogens with zero attached hydrogens (tertiary/aromatic N) is 1. The van der Waals surface area contributed by atoms with Crippen LogP contribution in [0.15, 0.2) is 36.5 Å². The van der Waals surface area contributed by atoms with E-state index in [0.29, 0.717) is 32.5 Å². The Bertz CT molecular complexity index is 698. The number of rotatable bonds is 7. The Morgan fingerprint density at radius 2 is 2.21 bits per heavy atom. The normalized spacial score (nSPS) is 21.2. The zero-order valence-electron chi connectivity index (χ0n) is 13.9. The Kier molecular flexibility index (Phi) is 5.43. The minimum Gasteiger partial charge on any atom is -0.393 e. The predicted molar refractivity (Wildman–Crippen MR) is 92.5 cm³/mol. The Morgan fingerprint density at radius 1 is 1.42 bits per heavy atom. The minimum atomic E-state index is -0.258. The van der Waals surface area contributed by atoms with Crippen LogP contribution >= 0.6 is 0 Å². The number of amides is 1. The molecule has 1 aliphatic carbocycles. The number of aliphatic hydroxyl groups excluding tert-OH is 1. The topological polar surface area (TPSA) is 71.5 Å². The molecule has 0 aliphatic heterocycles. The second-order valence-corrected chi connectivity index (χ2v) is 6.34. The number of hydrogen-bond donors (Lipinski definition) is 2. The van der Waals surface area contributed by atoms with Gasteiger partial charge >= 0.3 is 0 Å². The largest absolute Gasteiger partial charge is 0.393 e. The van der Waals surface area contributed by atoms with E-state index in [1.54, 1.807) is 0 Å². The van der Waals surface area contributed by atoms with Crippen LogP contribution in [0.3, 0.4) is 0 Å². The molecule has 1 aromatic carbocycles. The molecular weight excluding hydrogens is 304 g/mol. The van der Waals surface area contributed by atoms with Gasteiger partial charge in [-0.1, -0.05) is 18.2 Å². The van der Waals surface area contributed by atoms with Gasteiger partial charge in [-0.3, -0.25) is 9.78 Å². The van der Waals surface area contributed by atoms with Crippen LogP contribution in [0.1, 0.15) is 37.8 Å². The zero-order chi connectivity index (χ0) is 16.9. The highest BCUT2D eigenvalue weighted by atomic mass is 16.5. The molecule has 1 saturated carbocycles. The molecule has 1 heterocycles. The highest BCUT2D eigenvalue weighted by molar-refractivity contribution is 5.80. The lowest BCUT2D eigenvalue weighted by Crippen LogP contribution is -2.41. The summed E-state index contributed by atoms with van der Waals surface area (Å²) in [6, 6.07) is 9.92. The summed E-state index contributed by atoms with van der Waals surface area (Å²) in [6.07, 6.45) is 3.35. The van der Waals surface area contributed by atoms with Crippen molar-refractivity contribution in [2.24, 2.45) is 5.92 Å². The smallest absolute Gasteiger partial charge is 0.222 e. The average molecular weight is 328 g/mol. The van der Waals surface area contributed by atoms with Gasteiger partial charge in [-0.25, -0.2) is 0 Å². The lowest BCUT2D eigenvalue weighted by Gasteiger charge is -2.38. The lowest BCUT2D eigenvalue weighted by molar-refractivity contribution is -0.124. The van der Waals surface area contributed by atoms with E-state index in [2.05, 4.69) is 16.4 Å². The number of aromatic nitrogens is 1. The number of aliphatic hydroxyl groups is 1. The molecule has 2 aromatic rings. The number of ether oxygens (including phenoxy) is 1. The summed E-state index contributed by atoms with van der Waals surface area (Å²) in [6.45, 7) is 2.95. The fourth-order valence-electron chi connectivity index (χ4n) is 3.19. The van der Waals surface area contributed by atoms with Crippen LogP contribution in [-0.4, -0.2) is 35.3 Å². The third-order valence-electron chi connectivity index (χ3n) is 4.59. The van der Waals surface area contributed by atoms with E-state index < -0.39 is 0 Å². The van der Waals surface area contributed by atoms with Crippen molar-refractivity contribution in [3.8, 4) is 0 Å². The molecule has 1 atom stereocenters. The molecule has 5 nitrogen and oxygen atoms in total. The van der Waals surface area contributed by atoms with Gasteiger partial charge in [0.25, 0.3) is 0 Å². The summed E-state index contributed by atoms with van der Waals surface area (Å²) in [7, 11) is 0. The number of carbonyl (C=O) groups excluding carboxylic acids is 1. The molecule has 3 rings (SSSR count). The number of hydrogen-bond acceptors (Lipinski definition) is 4. The van der Waals surface area contributed by atoms with E-state index in [-0.39, 0.29) is 24.0 Å². The van der Waals surface area contributed by atoms with Crippen molar-refractivity contribution >= 4 is 16.8 Å². The van der Waals surface area contributed by atoms with Gasteiger partial charge in [-0.15, -0.1) is 0 Å². The number of benzene rings is 1. The van der Waals surface area contributed by atoms with Gasteiger partial charge in [0.2, 0.25) is 5.91 Å². The van der Waals surface area contributed by atoms with E-state index >= 15 is 0 Å². The monoisotopic (exact) mass is 328 g/mol. The number of fused-ring (bicyclic) bond motifs is 1. The highest BCUT2D eigenvalue weighted by Crippen LogP contribution is 2.38. The van der Waals surface area contributed by atoms with Gasteiger partial charge < -0.3 is 15.2 Å². The van der Waals surface area contributed by atoms with E-state index in [1.807, 2.05) is 37.4 Å². The molecular formula is C19H24N2O3. The number of pyridine rings is 1. The quantitative estimate of drug-likeness (QED) is 0.766. The van der Waals surface area contributed by atoms with E-state index in [1.165, 1.54) is 0 Å². The van der Waals surface area contributed by atoms with Crippen molar-refractivity contribution < 1.29 is 14.6 Å². The van der Waals surface area contributed by atoms with Crippen LogP contribution in [0.2, 0.25) is 0 Å². The van der Waals surface area contributed by atoms with Crippen LogP contribution in [0, 0.1) is 5.92 Å². The fraction of sp³-hybridized carbons (Fsp3) is 0.474. The van der Waals surface area contributed by atoms with Crippen molar-refractivity contribution in [3.63, 3.8) is 0 Å². The van der Waals surface area contributed by atoms with Crippen molar-refractivity contribution in [1.82, 2.24) is 10.3 Å². The van der Waals surface area contributed by atoms with Crippen LogP contribution in [0.4, 0.5) is 0 Å². The second kappa shape index (κ2) is 7.73. The number of para-hydroxylation sites is 1. The van der Waals surface area contributed by atoms with Crippen LogP contribution in [0.25, 0.3) is 10.9 Å². The minimum absolute atomic E-state index is 0.0250. The van der Waals surface area contributed by atoms with Crippen molar-refractivity contribution in [2.45, 2.75) is 38.3 Å². The van der Waals surface area contributed by atoms with Gasteiger partial charge in [0.05, 0.1) is 24.3 Å². The molecule has 128 valence electrons. The molecule has 0 spiro atoms. The Labute approximate surface area is 142 Å². The van der Waals surface area contributed by atoms with Gasteiger partial charge in [-0.2, -0.15) is 0 Å². The first-order valence-electron chi connectivity index (χ1n) is 8.57. The standard InChI is InChI=1S/C19H24N2O3/c1-2-24-8-7-18(23)21-19(14-10-16(22)11-14)15-9-13-5-3-4-6-17(13)20-12-15/h3-6,9,12,14,16,19,22H,2,7-8,10-11H2,1H3,(H,21,23). The number of carbonyl (C=O) groups is 1. The maximum absolute atomic E-state index is 12.2. The summed E-state index contributed by atoms with van der Waals surface area (Å²) in [5, 5.41) is 13.8. The maximum Gasteiger partial charge on any atom is 0.222 e. The molecule has 1 unspecified atom stereocenters. The SMILES string of the molecule is CCOCCC(=O)NC(c1cnc2ccccc2c1)C1CC(O)C1. The summed E-state index contributed by atoms with van der Waals surface area (Å²) >= 11 is 0. The van der Waals surface area contributed by atoms with Crippen molar-refractivity contribution in [3.05, 3.63) is 42.1 Å². The van der Waals surface area contributed by atoms with Gasteiger partial charge in [0, 0.05) is 24.6 Å². The summed E-state index contributed by atoms with van der Waals surface area (Å²) in [4.78, 5) is 16.7. The molecule has 0 bridgehead atoms. The summed E-state index contributed by atoms with van der Waals surface area (Å²) in [5.74, 6) is 0.224. The molecule has 1 aliphatic rings. The third kappa shape index (κ3) is 3.91. The van der Waals surface area contributed by atoms with Gasteiger partial charge in [-0.05, 0) is 43.4 Å². The molecule has 1 fully saturated rings. The molecule has 0 saturated heterocycles. The Balaban J connectivity index is 1.77. The zero-order valence-corrected chi connectivity index (χ0v) is 13.9. The molecule has 1 amide bonds. The molecule has 1 aromatic heterocycles. The van der Waals surface area contributed by atoms with E-state index in [4.69, 9.17) is 4.74 Å². The number of nitrogens with one attached hydrogen (secondary N) is 1. The van der Waals surface area contributed by atoms with Crippen LogP contribution in [-0.2, 0) is 9.53 Å². The molecule has 5 heteroatoms. The van der Waals surface area contributed by atoms with Crippen molar-refractivity contribution in [2.75, 3.05) is 13.2 Å². The predicted octanol–water partition coefficient (Wildman–Crippen LogP) is 2.59. The Morgan fingerprint density at radius 3 is 2.96 bits per heavy atom.